The maximum atomic E-state index is 12.9. The molecule has 17 heavy (non-hydrogen) atoms. The standard InChI is InChI=1S/C12H8F3NO/c13-12(14,15)11-8(7-17)3-1-4-9(11)10-5-2-6-16-10/h1,3-7H,2H2. The van der Waals surface area contributed by atoms with Gasteiger partial charge < -0.3 is 0 Å². The Morgan fingerprint density at radius 3 is 2.59 bits per heavy atom. The lowest BCUT2D eigenvalue weighted by Crippen LogP contribution is -2.12. The molecule has 0 aliphatic carbocycles. The summed E-state index contributed by atoms with van der Waals surface area (Å²) in [6.45, 7) is 0. The minimum atomic E-state index is -4.56. The summed E-state index contributed by atoms with van der Waals surface area (Å²) in [5, 5.41) is 0. The van der Waals surface area contributed by atoms with Gasteiger partial charge in [0.15, 0.2) is 6.29 Å². The molecule has 1 aliphatic rings. The van der Waals surface area contributed by atoms with Gasteiger partial charge in [0.1, 0.15) is 0 Å². The molecule has 88 valence electrons. The van der Waals surface area contributed by atoms with Crippen LogP contribution in [0.5, 0.6) is 0 Å². The number of hydrogen-bond donors (Lipinski definition) is 0. The summed E-state index contributed by atoms with van der Waals surface area (Å²) in [7, 11) is 0. The van der Waals surface area contributed by atoms with Crippen LogP contribution in [0.1, 0.15) is 27.9 Å². The number of nitrogens with zero attached hydrogens (tertiary/aromatic N) is 1. The van der Waals surface area contributed by atoms with E-state index in [-0.39, 0.29) is 23.1 Å². The van der Waals surface area contributed by atoms with E-state index in [0.717, 1.165) is 6.07 Å². The first-order valence-corrected chi connectivity index (χ1v) is 4.92. The van der Waals surface area contributed by atoms with Crippen LogP contribution in [0.3, 0.4) is 0 Å². The van der Waals surface area contributed by atoms with Gasteiger partial charge in [-0.25, -0.2) is 0 Å². The molecule has 5 heteroatoms. The highest BCUT2D eigenvalue weighted by atomic mass is 19.4. The Bertz CT molecular complexity index is 515. The van der Waals surface area contributed by atoms with Crippen LogP contribution in [0.4, 0.5) is 13.2 Å². The summed E-state index contributed by atoms with van der Waals surface area (Å²) in [6.07, 6.45) is -0.711. The molecule has 0 bridgehead atoms. The zero-order chi connectivity index (χ0) is 12.5. The van der Waals surface area contributed by atoms with Crippen LogP contribution in [0.15, 0.2) is 29.3 Å². The van der Waals surface area contributed by atoms with Crippen molar-refractivity contribution in [2.24, 2.45) is 4.99 Å². The molecular weight excluding hydrogens is 231 g/mol. The van der Waals surface area contributed by atoms with Gasteiger partial charge in [0.25, 0.3) is 0 Å². The molecule has 0 atom stereocenters. The second kappa shape index (κ2) is 4.16. The summed E-state index contributed by atoms with van der Waals surface area (Å²) < 4.78 is 38.7. The van der Waals surface area contributed by atoms with Crippen molar-refractivity contribution in [3.8, 4) is 0 Å². The highest BCUT2D eigenvalue weighted by molar-refractivity contribution is 5.86. The summed E-state index contributed by atoms with van der Waals surface area (Å²) in [4.78, 5) is 14.6. The fourth-order valence-electron chi connectivity index (χ4n) is 1.75. The Balaban J connectivity index is 2.67. The smallest absolute Gasteiger partial charge is 0.298 e. The lowest BCUT2D eigenvalue weighted by atomic mass is 9.99. The average molecular weight is 239 g/mol. The summed E-state index contributed by atoms with van der Waals surface area (Å²) in [5.74, 6) is 0. The van der Waals surface area contributed by atoms with E-state index in [2.05, 4.69) is 4.99 Å². The third-order valence-corrected chi connectivity index (χ3v) is 2.43. The number of halogens is 3. The summed E-state index contributed by atoms with van der Waals surface area (Å²) in [6, 6.07) is 3.89. The molecule has 0 radical (unpaired) electrons. The van der Waals surface area contributed by atoms with Gasteiger partial charge in [0, 0.05) is 23.8 Å². The molecule has 1 aromatic carbocycles. The Morgan fingerprint density at radius 1 is 1.29 bits per heavy atom. The van der Waals surface area contributed by atoms with E-state index in [0.29, 0.717) is 6.42 Å². The predicted molar refractivity (Wildman–Crippen MR) is 57.9 cm³/mol. The van der Waals surface area contributed by atoms with Crippen LogP contribution >= 0.6 is 0 Å². The van der Waals surface area contributed by atoms with Crippen molar-refractivity contribution in [1.29, 1.82) is 0 Å². The molecule has 1 aliphatic heterocycles. The highest BCUT2D eigenvalue weighted by Gasteiger charge is 2.36. The number of alkyl halides is 3. The van der Waals surface area contributed by atoms with E-state index in [1.807, 2.05) is 0 Å². The topological polar surface area (TPSA) is 29.4 Å². The van der Waals surface area contributed by atoms with Crippen molar-refractivity contribution in [2.75, 3.05) is 0 Å². The van der Waals surface area contributed by atoms with E-state index in [1.54, 1.807) is 6.08 Å². The molecule has 2 nitrogen and oxygen atoms in total. The second-order valence-corrected chi connectivity index (χ2v) is 3.52. The lowest BCUT2D eigenvalue weighted by Gasteiger charge is -2.14. The predicted octanol–water partition coefficient (Wildman–Crippen LogP) is 3.33. The third kappa shape index (κ3) is 2.13. The van der Waals surface area contributed by atoms with Crippen LogP contribution in [-0.2, 0) is 6.18 Å². The number of rotatable bonds is 2. The molecular formula is C12H8F3NO. The van der Waals surface area contributed by atoms with Crippen LogP contribution in [0, 0.1) is 0 Å². The van der Waals surface area contributed by atoms with Crippen molar-refractivity contribution in [1.82, 2.24) is 0 Å². The fourth-order valence-corrected chi connectivity index (χ4v) is 1.75. The van der Waals surface area contributed by atoms with Crippen LogP contribution in [-0.4, -0.2) is 12.5 Å². The summed E-state index contributed by atoms with van der Waals surface area (Å²) in [5.41, 5.74) is -1.06. The Kier molecular flexibility index (Phi) is 2.83. The fraction of sp³-hybridized carbons (Fsp3) is 0.167. The quantitative estimate of drug-likeness (QED) is 0.728. The van der Waals surface area contributed by atoms with E-state index >= 15 is 0 Å². The highest BCUT2D eigenvalue weighted by Crippen LogP contribution is 2.38. The van der Waals surface area contributed by atoms with Gasteiger partial charge in [0.05, 0.1) is 11.3 Å². The third-order valence-electron chi connectivity index (χ3n) is 2.43. The SMILES string of the molecule is O=Cc1cccc(C2=CCC=N2)c1C(F)(F)F. The summed E-state index contributed by atoms with van der Waals surface area (Å²) >= 11 is 0. The molecule has 0 saturated heterocycles. The zero-order valence-electron chi connectivity index (χ0n) is 8.66. The number of aldehydes is 1. The monoisotopic (exact) mass is 239 g/mol. The first kappa shape index (κ1) is 11.6. The molecule has 2 rings (SSSR count). The van der Waals surface area contributed by atoms with Gasteiger partial charge in [-0.3, -0.25) is 9.79 Å². The number of carbonyl (C=O) groups is 1. The average Bonchev–Trinajstić information content (AvgIpc) is 2.80. The molecule has 0 unspecified atom stereocenters. The van der Waals surface area contributed by atoms with Crippen molar-refractivity contribution in [3.63, 3.8) is 0 Å². The first-order chi connectivity index (χ1) is 8.04. The van der Waals surface area contributed by atoms with Gasteiger partial charge in [0.2, 0.25) is 0 Å². The number of carbonyl (C=O) groups excluding carboxylic acids is 1. The van der Waals surface area contributed by atoms with E-state index in [4.69, 9.17) is 0 Å². The van der Waals surface area contributed by atoms with Gasteiger partial charge in [-0.2, -0.15) is 13.2 Å². The minimum absolute atomic E-state index is 0.0455. The van der Waals surface area contributed by atoms with Crippen LogP contribution in [0.25, 0.3) is 5.70 Å². The number of allylic oxidation sites excluding steroid dienone is 1. The van der Waals surface area contributed by atoms with Gasteiger partial charge in [-0.05, 0) is 0 Å². The zero-order valence-corrected chi connectivity index (χ0v) is 8.66. The van der Waals surface area contributed by atoms with Crippen molar-refractivity contribution < 1.29 is 18.0 Å². The molecule has 0 amide bonds. The van der Waals surface area contributed by atoms with Gasteiger partial charge in [-0.1, -0.05) is 24.3 Å². The molecule has 0 aromatic heterocycles. The van der Waals surface area contributed by atoms with Gasteiger partial charge in [-0.15, -0.1) is 0 Å². The van der Waals surface area contributed by atoms with Crippen LogP contribution in [0.2, 0.25) is 0 Å². The minimum Gasteiger partial charge on any atom is -0.298 e. The maximum Gasteiger partial charge on any atom is 0.417 e. The number of benzene rings is 1. The molecule has 1 heterocycles. The lowest BCUT2D eigenvalue weighted by molar-refractivity contribution is -0.138. The second-order valence-electron chi connectivity index (χ2n) is 3.52. The molecule has 0 saturated carbocycles. The largest absolute Gasteiger partial charge is 0.417 e. The Labute approximate surface area is 95.5 Å². The van der Waals surface area contributed by atoms with Crippen molar-refractivity contribution in [2.45, 2.75) is 12.6 Å². The molecule has 0 N–H and O–H groups in total. The molecule has 0 spiro atoms. The van der Waals surface area contributed by atoms with Crippen molar-refractivity contribution >= 4 is 18.2 Å². The van der Waals surface area contributed by atoms with E-state index in [1.165, 1.54) is 18.3 Å². The Hall–Kier alpha value is -1.91. The van der Waals surface area contributed by atoms with E-state index < -0.39 is 11.7 Å². The maximum absolute atomic E-state index is 12.9. The first-order valence-electron chi connectivity index (χ1n) is 4.92. The normalized spacial score (nSPS) is 14.9. The molecule has 1 aromatic rings. The molecule has 0 fully saturated rings. The number of hydrogen-bond acceptors (Lipinski definition) is 2. The Morgan fingerprint density at radius 2 is 2.06 bits per heavy atom. The number of aliphatic imine (C=N–C) groups is 1. The van der Waals surface area contributed by atoms with Crippen molar-refractivity contribution in [3.05, 3.63) is 41.0 Å². The van der Waals surface area contributed by atoms with Gasteiger partial charge >= 0.3 is 6.18 Å². The van der Waals surface area contributed by atoms with Crippen LogP contribution < -0.4 is 0 Å². The van der Waals surface area contributed by atoms with E-state index in [9.17, 15) is 18.0 Å².